The minimum Gasteiger partial charge on any atom is -0.353 e. The molecule has 0 saturated carbocycles. The number of nitrogens with one attached hydrogen (secondary N) is 1. The van der Waals surface area contributed by atoms with Crippen LogP contribution in [0.15, 0.2) is 0 Å². The molecule has 106 valence electrons. The van der Waals surface area contributed by atoms with Gasteiger partial charge in [0, 0.05) is 19.0 Å². The van der Waals surface area contributed by atoms with Crippen molar-refractivity contribution in [3.63, 3.8) is 0 Å². The Bertz CT molecular complexity index is 257. The number of amides is 1. The second-order valence-corrected chi connectivity index (χ2v) is 5.92. The molecular formula is C14H29N3O. The number of nitrogens with zero attached hydrogens (tertiary/aromatic N) is 1. The number of carbonyl (C=O) groups excluding carboxylic acids is 1. The van der Waals surface area contributed by atoms with Crippen molar-refractivity contribution in [3.8, 4) is 0 Å². The molecule has 0 radical (unpaired) electrons. The van der Waals surface area contributed by atoms with E-state index in [4.69, 9.17) is 5.73 Å². The van der Waals surface area contributed by atoms with Crippen molar-refractivity contribution in [2.75, 3.05) is 26.7 Å². The zero-order valence-electron chi connectivity index (χ0n) is 12.1. The number of piperidine rings is 1. The van der Waals surface area contributed by atoms with Gasteiger partial charge in [-0.05, 0) is 51.2 Å². The second-order valence-electron chi connectivity index (χ2n) is 5.92. The fourth-order valence-electron chi connectivity index (χ4n) is 2.65. The topological polar surface area (TPSA) is 58.4 Å². The molecule has 0 aromatic carbocycles. The van der Waals surface area contributed by atoms with Crippen molar-refractivity contribution in [3.05, 3.63) is 0 Å². The van der Waals surface area contributed by atoms with Crippen LogP contribution in [0.3, 0.4) is 0 Å². The fraction of sp³-hybridized carbons (Fsp3) is 0.929. The summed E-state index contributed by atoms with van der Waals surface area (Å²) < 4.78 is 0. The Morgan fingerprint density at radius 3 is 2.83 bits per heavy atom. The molecule has 3 N–H and O–H groups in total. The number of hydrogen-bond acceptors (Lipinski definition) is 3. The third kappa shape index (κ3) is 5.36. The SMILES string of the molecule is CC(CCN)CCC(=O)NC1CCN(C)CC1C. The Labute approximate surface area is 111 Å². The van der Waals surface area contributed by atoms with Gasteiger partial charge in [0.25, 0.3) is 0 Å². The molecule has 0 bridgehead atoms. The lowest BCUT2D eigenvalue weighted by atomic mass is 9.93. The Morgan fingerprint density at radius 2 is 2.22 bits per heavy atom. The van der Waals surface area contributed by atoms with Gasteiger partial charge in [0.15, 0.2) is 0 Å². The minimum absolute atomic E-state index is 0.209. The summed E-state index contributed by atoms with van der Waals surface area (Å²) in [5.41, 5.74) is 5.51. The Morgan fingerprint density at radius 1 is 1.50 bits per heavy atom. The zero-order valence-corrected chi connectivity index (χ0v) is 12.1. The van der Waals surface area contributed by atoms with Crippen LogP contribution >= 0.6 is 0 Å². The maximum Gasteiger partial charge on any atom is 0.220 e. The summed E-state index contributed by atoms with van der Waals surface area (Å²) >= 11 is 0. The minimum atomic E-state index is 0.209. The quantitative estimate of drug-likeness (QED) is 0.750. The van der Waals surface area contributed by atoms with Gasteiger partial charge in [0.2, 0.25) is 5.91 Å². The van der Waals surface area contributed by atoms with Gasteiger partial charge in [-0.2, -0.15) is 0 Å². The number of nitrogens with two attached hydrogens (primary N) is 1. The van der Waals surface area contributed by atoms with Crippen molar-refractivity contribution in [2.45, 2.75) is 45.6 Å². The van der Waals surface area contributed by atoms with Crippen LogP contribution in [-0.4, -0.2) is 43.5 Å². The fourth-order valence-corrected chi connectivity index (χ4v) is 2.65. The van der Waals surface area contributed by atoms with Crippen LogP contribution in [0, 0.1) is 11.8 Å². The van der Waals surface area contributed by atoms with Crippen molar-refractivity contribution < 1.29 is 4.79 Å². The average Bonchev–Trinajstić information content (AvgIpc) is 2.31. The van der Waals surface area contributed by atoms with Gasteiger partial charge in [0.1, 0.15) is 0 Å². The van der Waals surface area contributed by atoms with Crippen molar-refractivity contribution in [1.29, 1.82) is 0 Å². The molecule has 1 rings (SSSR count). The van der Waals surface area contributed by atoms with Crippen LogP contribution in [0.1, 0.15) is 39.5 Å². The van der Waals surface area contributed by atoms with E-state index in [2.05, 4.69) is 31.1 Å². The third-order valence-electron chi connectivity index (χ3n) is 3.98. The highest BCUT2D eigenvalue weighted by atomic mass is 16.1. The number of rotatable bonds is 6. The van der Waals surface area contributed by atoms with Gasteiger partial charge in [-0.25, -0.2) is 0 Å². The highest BCUT2D eigenvalue weighted by molar-refractivity contribution is 5.76. The van der Waals surface area contributed by atoms with Crippen LogP contribution in [0.5, 0.6) is 0 Å². The molecule has 1 aliphatic rings. The maximum atomic E-state index is 11.9. The van der Waals surface area contributed by atoms with Crippen molar-refractivity contribution >= 4 is 5.91 Å². The van der Waals surface area contributed by atoms with E-state index in [-0.39, 0.29) is 5.91 Å². The van der Waals surface area contributed by atoms with E-state index in [1.165, 1.54) is 0 Å². The van der Waals surface area contributed by atoms with Crippen LogP contribution in [0.4, 0.5) is 0 Å². The summed E-state index contributed by atoms with van der Waals surface area (Å²) in [6.45, 7) is 7.26. The molecule has 0 spiro atoms. The summed E-state index contributed by atoms with van der Waals surface area (Å²) in [7, 11) is 2.14. The smallest absolute Gasteiger partial charge is 0.220 e. The largest absolute Gasteiger partial charge is 0.353 e. The van der Waals surface area contributed by atoms with E-state index in [0.29, 0.717) is 24.3 Å². The molecule has 4 heteroatoms. The van der Waals surface area contributed by atoms with Gasteiger partial charge in [-0.3, -0.25) is 4.79 Å². The molecule has 1 heterocycles. The van der Waals surface area contributed by atoms with E-state index in [1.807, 2.05) is 0 Å². The number of likely N-dealkylation sites (tertiary alicyclic amines) is 1. The number of hydrogen-bond donors (Lipinski definition) is 2. The summed E-state index contributed by atoms with van der Waals surface area (Å²) in [6, 6.07) is 0.360. The highest BCUT2D eigenvalue weighted by Crippen LogP contribution is 2.16. The Kier molecular flexibility index (Phi) is 6.65. The highest BCUT2D eigenvalue weighted by Gasteiger charge is 2.25. The van der Waals surface area contributed by atoms with E-state index in [0.717, 1.165) is 38.9 Å². The molecule has 1 amide bonds. The summed E-state index contributed by atoms with van der Waals surface area (Å²) in [5, 5.41) is 3.19. The van der Waals surface area contributed by atoms with Gasteiger partial charge in [-0.1, -0.05) is 13.8 Å². The molecule has 1 fully saturated rings. The molecule has 0 aromatic rings. The van der Waals surface area contributed by atoms with Gasteiger partial charge in [0.05, 0.1) is 0 Å². The lowest BCUT2D eigenvalue weighted by Crippen LogP contribution is -2.48. The molecule has 0 aromatic heterocycles. The first-order valence-corrected chi connectivity index (χ1v) is 7.21. The summed E-state index contributed by atoms with van der Waals surface area (Å²) in [4.78, 5) is 14.2. The zero-order chi connectivity index (χ0) is 13.5. The van der Waals surface area contributed by atoms with Gasteiger partial charge in [-0.15, -0.1) is 0 Å². The Balaban J connectivity index is 2.23. The standard InChI is InChI=1S/C14H29N3O/c1-11(6-8-15)4-5-14(18)16-13-7-9-17(3)10-12(13)2/h11-13H,4-10,15H2,1-3H3,(H,16,18). The molecule has 1 aliphatic heterocycles. The van der Waals surface area contributed by atoms with E-state index in [9.17, 15) is 4.79 Å². The van der Waals surface area contributed by atoms with Crippen molar-refractivity contribution in [1.82, 2.24) is 10.2 Å². The lowest BCUT2D eigenvalue weighted by molar-refractivity contribution is -0.122. The summed E-state index contributed by atoms with van der Waals surface area (Å²) in [6.07, 6.45) is 3.67. The first-order valence-electron chi connectivity index (χ1n) is 7.21. The predicted molar refractivity (Wildman–Crippen MR) is 75.3 cm³/mol. The maximum absolute atomic E-state index is 11.9. The molecule has 3 atom stereocenters. The van der Waals surface area contributed by atoms with Crippen LogP contribution in [-0.2, 0) is 4.79 Å². The average molecular weight is 255 g/mol. The van der Waals surface area contributed by atoms with E-state index < -0.39 is 0 Å². The molecule has 1 saturated heterocycles. The van der Waals surface area contributed by atoms with E-state index >= 15 is 0 Å². The Hall–Kier alpha value is -0.610. The normalized spacial score (nSPS) is 26.9. The molecule has 18 heavy (non-hydrogen) atoms. The summed E-state index contributed by atoms with van der Waals surface area (Å²) in [5.74, 6) is 1.31. The molecular weight excluding hydrogens is 226 g/mol. The second kappa shape index (κ2) is 7.74. The lowest BCUT2D eigenvalue weighted by Gasteiger charge is -2.35. The van der Waals surface area contributed by atoms with Crippen LogP contribution < -0.4 is 11.1 Å². The first kappa shape index (κ1) is 15.4. The number of carbonyl (C=O) groups is 1. The first-order chi connectivity index (χ1) is 8.52. The predicted octanol–water partition coefficient (Wildman–Crippen LogP) is 1.21. The third-order valence-corrected chi connectivity index (χ3v) is 3.98. The van der Waals surface area contributed by atoms with Crippen molar-refractivity contribution in [2.24, 2.45) is 17.6 Å². The molecule has 4 nitrogen and oxygen atoms in total. The van der Waals surface area contributed by atoms with E-state index in [1.54, 1.807) is 0 Å². The molecule has 0 aliphatic carbocycles. The molecule has 3 unspecified atom stereocenters. The monoisotopic (exact) mass is 255 g/mol. The van der Waals surface area contributed by atoms with Gasteiger partial charge >= 0.3 is 0 Å². The van der Waals surface area contributed by atoms with Crippen LogP contribution in [0.2, 0.25) is 0 Å². The van der Waals surface area contributed by atoms with Crippen LogP contribution in [0.25, 0.3) is 0 Å². The van der Waals surface area contributed by atoms with Gasteiger partial charge < -0.3 is 16.0 Å².